The van der Waals surface area contributed by atoms with Crippen molar-refractivity contribution in [3.8, 4) is 0 Å². The van der Waals surface area contributed by atoms with Crippen LogP contribution in [0, 0.1) is 0 Å². The van der Waals surface area contributed by atoms with E-state index in [9.17, 15) is 0 Å². The molecular formula is C11H29P3. The van der Waals surface area contributed by atoms with E-state index in [-0.39, 0.29) is 7.43 Å². The highest BCUT2D eigenvalue weighted by molar-refractivity contribution is 7.95. The van der Waals surface area contributed by atoms with Crippen molar-refractivity contribution in [1.82, 2.24) is 0 Å². The van der Waals surface area contributed by atoms with E-state index in [1.54, 1.807) is 0 Å². The molecule has 14 heavy (non-hydrogen) atoms. The molecule has 0 atom stereocenters. The zero-order valence-corrected chi connectivity index (χ0v) is 12.6. The van der Waals surface area contributed by atoms with Crippen molar-refractivity contribution in [1.29, 1.82) is 0 Å². The summed E-state index contributed by atoms with van der Waals surface area (Å²) in [6, 6.07) is 0. The van der Waals surface area contributed by atoms with Crippen molar-refractivity contribution in [2.45, 2.75) is 7.43 Å². The average Bonchev–Trinajstić information content (AvgIpc) is 1.43. The lowest BCUT2D eigenvalue weighted by Gasteiger charge is -2.29. The van der Waals surface area contributed by atoms with E-state index in [4.69, 9.17) is 0 Å². The fraction of sp³-hybridized carbons (Fsp3) is 0.727. The maximum absolute atomic E-state index is 4.43. The van der Waals surface area contributed by atoms with Gasteiger partial charge < -0.3 is 0 Å². The summed E-state index contributed by atoms with van der Waals surface area (Å²) in [6.45, 7) is 8.86. The molecule has 0 saturated heterocycles. The highest BCUT2D eigenvalue weighted by atomic mass is 31.2. The first-order chi connectivity index (χ1) is 5.41. The third-order valence-corrected chi connectivity index (χ3v) is 13.0. The smallest absolute Gasteiger partial charge is 0.0137 e. The Hall–Kier alpha value is 0.900. The van der Waals surface area contributed by atoms with Crippen LogP contribution in [0.1, 0.15) is 7.43 Å². The largest absolute Gasteiger partial charge is 0.114 e. The lowest BCUT2D eigenvalue weighted by molar-refractivity contribution is 1.86. The van der Waals surface area contributed by atoms with Gasteiger partial charge in [0.2, 0.25) is 0 Å². The van der Waals surface area contributed by atoms with E-state index in [2.05, 4.69) is 52.2 Å². The topological polar surface area (TPSA) is 0 Å². The highest BCUT2D eigenvalue weighted by Crippen LogP contribution is 2.61. The number of hydrogen-bond acceptors (Lipinski definition) is 0. The lowest BCUT2D eigenvalue weighted by atomic mass is 11.8. The van der Waals surface area contributed by atoms with Crippen LogP contribution in [0.5, 0.6) is 0 Å². The van der Waals surface area contributed by atoms with E-state index in [0.29, 0.717) is 0 Å². The number of hydrogen-bond donors (Lipinski definition) is 0. The first-order valence-electron chi connectivity index (χ1n) is 4.45. The van der Waals surface area contributed by atoms with Crippen LogP contribution in [0.2, 0.25) is 0 Å². The molecule has 88 valence electrons. The minimum Gasteiger partial charge on any atom is -0.114 e. The summed E-state index contributed by atoms with van der Waals surface area (Å²) < 4.78 is 0. The lowest BCUT2D eigenvalue weighted by Crippen LogP contribution is -1.95. The van der Waals surface area contributed by atoms with Gasteiger partial charge in [-0.2, -0.15) is 0 Å². The maximum Gasteiger partial charge on any atom is -0.0137 e. The Morgan fingerprint density at radius 2 is 0.929 bits per heavy atom. The van der Waals surface area contributed by atoms with Gasteiger partial charge in [0.25, 0.3) is 0 Å². The van der Waals surface area contributed by atoms with Gasteiger partial charge in [-0.15, -0.1) is 39.6 Å². The van der Waals surface area contributed by atoms with Crippen molar-refractivity contribution in [2.75, 3.05) is 45.1 Å². The van der Waals surface area contributed by atoms with Gasteiger partial charge >= 0.3 is 0 Å². The first-order valence-corrected chi connectivity index (χ1v) is 13.3. The second-order valence-electron chi connectivity index (χ2n) is 5.77. The van der Waals surface area contributed by atoms with E-state index in [1.807, 2.05) is 0 Å². The molecule has 0 saturated carbocycles. The molecule has 0 aliphatic heterocycles. The van der Waals surface area contributed by atoms with Crippen LogP contribution in [0.25, 0.3) is 0 Å². The summed E-state index contributed by atoms with van der Waals surface area (Å²) in [5.74, 6) is 2.58. The minimum absolute atomic E-state index is 0. The van der Waals surface area contributed by atoms with E-state index in [0.717, 1.165) is 0 Å². The van der Waals surface area contributed by atoms with E-state index < -0.39 is 20.7 Å². The van der Waals surface area contributed by atoms with Gasteiger partial charge in [-0.3, -0.25) is 0 Å². The predicted octanol–water partition coefficient (Wildman–Crippen LogP) is 4.04. The molecular weight excluding hydrogens is 225 g/mol. The molecule has 0 aromatic heterocycles. The highest BCUT2D eigenvalue weighted by Gasteiger charge is 2.15. The molecule has 0 rings (SSSR count). The molecule has 0 nitrogen and oxygen atoms in total. The van der Waals surface area contributed by atoms with Crippen molar-refractivity contribution in [3.63, 3.8) is 0 Å². The minimum atomic E-state index is -0.962. The van der Waals surface area contributed by atoms with E-state index in [1.165, 1.54) is 11.8 Å². The normalized spacial score (nSPS) is 13.5. The van der Waals surface area contributed by atoms with Gasteiger partial charge in [0.1, 0.15) is 0 Å². The quantitative estimate of drug-likeness (QED) is 0.664. The van der Waals surface area contributed by atoms with Gasteiger partial charge in [-0.25, -0.2) is 0 Å². The van der Waals surface area contributed by atoms with Crippen molar-refractivity contribution >= 4 is 39.6 Å². The molecule has 0 bridgehead atoms. The van der Waals surface area contributed by atoms with Crippen molar-refractivity contribution < 1.29 is 0 Å². The van der Waals surface area contributed by atoms with Gasteiger partial charge in [0, 0.05) is 0 Å². The monoisotopic (exact) mass is 254 g/mol. The fourth-order valence-corrected chi connectivity index (χ4v) is 17.8. The van der Waals surface area contributed by atoms with E-state index >= 15 is 0 Å². The Bertz CT molecular complexity index is 272. The van der Waals surface area contributed by atoms with Gasteiger partial charge in [0.05, 0.1) is 0 Å². The van der Waals surface area contributed by atoms with Crippen LogP contribution in [0.15, 0.2) is 0 Å². The summed E-state index contributed by atoms with van der Waals surface area (Å²) in [7, 11) is 0. The zero-order chi connectivity index (χ0) is 10.9. The molecule has 0 aliphatic rings. The van der Waals surface area contributed by atoms with Crippen molar-refractivity contribution in [2.24, 2.45) is 0 Å². The standard InChI is InChI=1S/C10H25P3.CH4/c1-11(2,3)9-13(7,8)10-12(4,5)6;/h1,4,7,9-10H2,2-3,5-6,8H3;1H4. The Kier molecular flexibility index (Phi) is 6.54. The predicted molar refractivity (Wildman–Crippen MR) is 88.2 cm³/mol. The van der Waals surface area contributed by atoms with Gasteiger partial charge in [-0.1, -0.05) is 7.43 Å². The third-order valence-electron chi connectivity index (χ3n) is 1.45. The molecule has 0 unspecified atom stereocenters. The molecule has 0 amide bonds. The number of rotatable bonds is 4. The summed E-state index contributed by atoms with van der Waals surface area (Å²) in [5.41, 5.74) is 0. The van der Waals surface area contributed by atoms with Crippen LogP contribution in [0.3, 0.4) is 0 Å². The van der Waals surface area contributed by atoms with Crippen LogP contribution < -0.4 is 0 Å². The first kappa shape index (κ1) is 17.3. The molecule has 0 aliphatic carbocycles. The second kappa shape index (κ2) is 5.30. The second-order valence-corrected chi connectivity index (χ2v) is 19.0. The molecule has 0 aromatic carbocycles. The molecule has 0 N–H and O–H groups in total. The Morgan fingerprint density at radius 1 is 0.714 bits per heavy atom. The molecule has 3 heteroatoms. The fourth-order valence-electron chi connectivity index (χ4n) is 1.89. The summed E-state index contributed by atoms with van der Waals surface area (Å²) in [5, 5.41) is 0. The molecule has 0 fully saturated rings. The SMILES string of the molecule is C.C=P(C)(C)CP(=C)(C)CP(=C)(C)C. The zero-order valence-electron chi connectivity index (χ0n) is 9.88. The summed E-state index contributed by atoms with van der Waals surface area (Å²) >= 11 is 0. The Labute approximate surface area is 92.4 Å². The van der Waals surface area contributed by atoms with Crippen LogP contribution in [-0.2, 0) is 0 Å². The van der Waals surface area contributed by atoms with Gasteiger partial charge in [-0.05, 0) is 45.1 Å². The van der Waals surface area contributed by atoms with Crippen LogP contribution in [-0.4, -0.2) is 64.0 Å². The van der Waals surface area contributed by atoms with Gasteiger partial charge in [0.15, 0.2) is 0 Å². The molecule has 0 heterocycles. The Balaban J connectivity index is 0. The summed E-state index contributed by atoms with van der Waals surface area (Å²) in [4.78, 5) is 0. The molecule has 0 radical (unpaired) electrons. The Morgan fingerprint density at radius 3 is 1.07 bits per heavy atom. The average molecular weight is 254 g/mol. The molecule has 0 aromatic rings. The third kappa shape index (κ3) is 11.0. The maximum atomic E-state index is 4.43. The van der Waals surface area contributed by atoms with Crippen LogP contribution in [0.4, 0.5) is 0 Å². The molecule has 0 spiro atoms. The van der Waals surface area contributed by atoms with Crippen molar-refractivity contribution in [3.05, 3.63) is 0 Å². The summed E-state index contributed by atoms with van der Waals surface area (Å²) in [6.07, 6.45) is 13.0. The van der Waals surface area contributed by atoms with Crippen LogP contribution >= 0.6 is 20.7 Å².